The molecule has 2 amide bonds. The van der Waals surface area contributed by atoms with Crippen molar-refractivity contribution in [2.75, 3.05) is 13.2 Å². The van der Waals surface area contributed by atoms with Gasteiger partial charge in [0.15, 0.2) is 0 Å². The van der Waals surface area contributed by atoms with E-state index in [1.165, 1.54) is 0 Å². The van der Waals surface area contributed by atoms with Gasteiger partial charge in [0, 0.05) is 19.3 Å². The molecule has 0 unspecified atom stereocenters. The first-order chi connectivity index (χ1) is 9.41. The average Bonchev–Trinajstić information content (AvgIpc) is 2.69. The molecule has 1 aliphatic heterocycles. The number of hydrogen-bond acceptors (Lipinski definition) is 7. The van der Waals surface area contributed by atoms with Gasteiger partial charge in [-0.1, -0.05) is 18.9 Å². The Labute approximate surface area is 115 Å². The Hall–Kier alpha value is -2.12. The quantitative estimate of drug-likeness (QED) is 0.404. The predicted octanol–water partition coefficient (Wildman–Crippen LogP) is 0.793. The van der Waals surface area contributed by atoms with Gasteiger partial charge in [0.1, 0.15) is 0 Å². The number of hydrogen-bond donors (Lipinski definition) is 0. The maximum absolute atomic E-state index is 11.2. The molecule has 0 aromatic rings. The number of carbonyl (C=O) groups excluding carboxylic acids is 4. The molecule has 8 nitrogen and oxygen atoms in total. The van der Waals surface area contributed by atoms with E-state index >= 15 is 0 Å². The number of rotatable bonds is 6. The van der Waals surface area contributed by atoms with Gasteiger partial charge in [0.05, 0.1) is 19.1 Å². The van der Waals surface area contributed by atoms with Crippen molar-refractivity contribution in [3.8, 4) is 0 Å². The summed E-state index contributed by atoms with van der Waals surface area (Å²) in [5.74, 6) is -1.69. The molecule has 0 atom stereocenters. The molecule has 1 rings (SSSR count). The van der Waals surface area contributed by atoms with E-state index in [4.69, 9.17) is 4.74 Å². The Morgan fingerprint density at radius 3 is 2.20 bits per heavy atom. The van der Waals surface area contributed by atoms with Gasteiger partial charge < -0.3 is 9.47 Å². The molecule has 0 aromatic heterocycles. The van der Waals surface area contributed by atoms with Crippen LogP contribution >= 0.6 is 0 Å². The van der Waals surface area contributed by atoms with Gasteiger partial charge in [-0.05, 0) is 0 Å². The Bertz CT molecular complexity index is 389. The number of imide groups is 1. The highest BCUT2D eigenvalue weighted by Gasteiger charge is 2.33. The van der Waals surface area contributed by atoms with Crippen LogP contribution in [0.3, 0.4) is 0 Å². The summed E-state index contributed by atoms with van der Waals surface area (Å²) in [6, 6.07) is 0. The van der Waals surface area contributed by atoms with Crippen LogP contribution in [0.2, 0.25) is 0 Å². The number of ether oxygens (including phenoxy) is 2. The van der Waals surface area contributed by atoms with Crippen molar-refractivity contribution >= 4 is 23.9 Å². The molecule has 0 aromatic carbocycles. The maximum Gasteiger partial charge on any atom is 0.533 e. The first kappa shape index (κ1) is 15.9. The lowest BCUT2D eigenvalue weighted by atomic mass is 10.2. The Balaban J connectivity index is 2.13. The average molecular weight is 287 g/mol. The van der Waals surface area contributed by atoms with Crippen molar-refractivity contribution in [1.82, 2.24) is 5.06 Å². The van der Waals surface area contributed by atoms with E-state index in [-0.39, 0.29) is 37.9 Å². The number of esters is 1. The molecule has 1 fully saturated rings. The zero-order chi connectivity index (χ0) is 15.1. The van der Waals surface area contributed by atoms with Gasteiger partial charge in [0.25, 0.3) is 11.8 Å². The molecule has 1 heterocycles. The zero-order valence-electron chi connectivity index (χ0n) is 11.4. The molecule has 0 saturated carbocycles. The molecule has 0 N–H and O–H groups in total. The Morgan fingerprint density at radius 1 is 1.10 bits per heavy atom. The first-order valence-corrected chi connectivity index (χ1v) is 6.29. The fourth-order valence-corrected chi connectivity index (χ4v) is 1.31. The fraction of sp³-hybridized carbons (Fsp3) is 0.667. The number of amides is 2. The van der Waals surface area contributed by atoms with Gasteiger partial charge in [-0.2, -0.15) is 0 Å². The zero-order valence-corrected chi connectivity index (χ0v) is 11.4. The van der Waals surface area contributed by atoms with Crippen LogP contribution < -0.4 is 0 Å². The van der Waals surface area contributed by atoms with E-state index in [1.807, 2.05) is 0 Å². The largest absolute Gasteiger partial charge is 0.533 e. The predicted molar refractivity (Wildman–Crippen MR) is 63.9 cm³/mol. The minimum Gasteiger partial charge on any atom is -0.465 e. The van der Waals surface area contributed by atoms with E-state index < -0.39 is 18.0 Å². The minimum absolute atomic E-state index is 0.0251. The monoisotopic (exact) mass is 287 g/mol. The van der Waals surface area contributed by atoms with Crippen molar-refractivity contribution in [2.24, 2.45) is 5.92 Å². The molecule has 20 heavy (non-hydrogen) atoms. The smallest absolute Gasteiger partial charge is 0.465 e. The lowest BCUT2D eigenvalue weighted by Gasteiger charge is -2.12. The molecular weight excluding hydrogens is 270 g/mol. The molecule has 0 bridgehead atoms. The summed E-state index contributed by atoms with van der Waals surface area (Å²) < 4.78 is 9.51. The molecule has 8 heteroatoms. The van der Waals surface area contributed by atoms with Crippen LogP contribution in [0.25, 0.3) is 0 Å². The summed E-state index contributed by atoms with van der Waals surface area (Å²) in [4.78, 5) is 49.1. The third kappa shape index (κ3) is 4.87. The van der Waals surface area contributed by atoms with Crippen molar-refractivity contribution in [3.63, 3.8) is 0 Å². The summed E-state index contributed by atoms with van der Waals surface area (Å²) >= 11 is 0. The third-order valence-electron chi connectivity index (χ3n) is 2.40. The van der Waals surface area contributed by atoms with Crippen LogP contribution in [0.4, 0.5) is 4.79 Å². The lowest BCUT2D eigenvalue weighted by molar-refractivity contribution is -0.177. The van der Waals surface area contributed by atoms with Crippen LogP contribution in [0.5, 0.6) is 0 Å². The molecule has 1 saturated heterocycles. The standard InChI is InChI=1S/C12H17NO7/c1-8(2)11(16)18-6-3-7-19-12(17)20-13-9(14)4-5-10(13)15/h8H,3-7H2,1-2H3. The molecule has 0 spiro atoms. The van der Waals surface area contributed by atoms with Crippen LogP contribution in [0.15, 0.2) is 0 Å². The first-order valence-electron chi connectivity index (χ1n) is 6.29. The summed E-state index contributed by atoms with van der Waals surface area (Å²) in [6.07, 6.45) is -0.784. The van der Waals surface area contributed by atoms with Gasteiger partial charge >= 0.3 is 12.1 Å². The fourth-order valence-electron chi connectivity index (χ4n) is 1.31. The second-order valence-electron chi connectivity index (χ2n) is 4.45. The number of carbonyl (C=O) groups is 4. The highest BCUT2D eigenvalue weighted by molar-refractivity contribution is 6.01. The van der Waals surface area contributed by atoms with Crippen LogP contribution in [0, 0.1) is 5.92 Å². The van der Waals surface area contributed by atoms with Gasteiger partial charge in [-0.3, -0.25) is 19.2 Å². The van der Waals surface area contributed by atoms with Crippen molar-refractivity contribution in [3.05, 3.63) is 0 Å². The van der Waals surface area contributed by atoms with Crippen molar-refractivity contribution in [2.45, 2.75) is 33.1 Å². The normalized spacial score (nSPS) is 14.7. The second kappa shape index (κ2) is 7.46. The van der Waals surface area contributed by atoms with Crippen molar-refractivity contribution < 1.29 is 33.5 Å². The minimum atomic E-state index is -1.14. The van der Waals surface area contributed by atoms with E-state index in [0.717, 1.165) is 0 Å². The molecule has 0 aliphatic carbocycles. The Kier molecular flexibility index (Phi) is 5.95. The lowest BCUT2D eigenvalue weighted by Crippen LogP contribution is -2.32. The van der Waals surface area contributed by atoms with E-state index in [9.17, 15) is 19.2 Å². The van der Waals surface area contributed by atoms with Crippen molar-refractivity contribution in [1.29, 1.82) is 0 Å². The topological polar surface area (TPSA) is 99.2 Å². The summed E-state index contributed by atoms with van der Waals surface area (Å²) in [5, 5.41) is 0.404. The van der Waals surface area contributed by atoms with E-state index in [0.29, 0.717) is 11.5 Å². The molecular formula is C12H17NO7. The highest BCUT2D eigenvalue weighted by Crippen LogP contribution is 2.12. The maximum atomic E-state index is 11.2. The molecule has 0 radical (unpaired) electrons. The summed E-state index contributed by atoms with van der Waals surface area (Å²) in [6.45, 7) is 3.49. The van der Waals surface area contributed by atoms with Crippen LogP contribution in [-0.4, -0.2) is 42.2 Å². The third-order valence-corrected chi connectivity index (χ3v) is 2.40. The van der Waals surface area contributed by atoms with E-state index in [2.05, 4.69) is 9.57 Å². The number of hydroxylamine groups is 2. The second-order valence-corrected chi connectivity index (χ2v) is 4.45. The molecule has 112 valence electrons. The summed E-state index contributed by atoms with van der Waals surface area (Å²) in [7, 11) is 0. The molecule has 1 aliphatic rings. The van der Waals surface area contributed by atoms with Crippen LogP contribution in [0.1, 0.15) is 33.1 Å². The van der Waals surface area contributed by atoms with Crippen LogP contribution in [-0.2, 0) is 28.7 Å². The number of nitrogens with zero attached hydrogens (tertiary/aromatic N) is 1. The highest BCUT2D eigenvalue weighted by atomic mass is 16.8. The summed E-state index contributed by atoms with van der Waals surface area (Å²) in [5.41, 5.74) is 0. The van der Waals surface area contributed by atoms with Gasteiger partial charge in [0.2, 0.25) is 0 Å². The van der Waals surface area contributed by atoms with Gasteiger partial charge in [-0.25, -0.2) is 4.79 Å². The SMILES string of the molecule is CC(C)C(=O)OCCCOC(=O)ON1C(=O)CCC1=O. The Morgan fingerprint density at radius 2 is 1.65 bits per heavy atom. The van der Waals surface area contributed by atoms with E-state index in [1.54, 1.807) is 13.8 Å². The van der Waals surface area contributed by atoms with Gasteiger partial charge in [-0.15, -0.1) is 0 Å².